The summed E-state index contributed by atoms with van der Waals surface area (Å²) in [5, 5.41) is 4.52. The van der Waals surface area contributed by atoms with Crippen LogP contribution in [0.4, 0.5) is 0 Å². The highest BCUT2D eigenvalue weighted by atomic mass is 16.3. The van der Waals surface area contributed by atoms with Crippen LogP contribution in [-0.2, 0) is 14.1 Å². The number of hydrogen-bond donors (Lipinski definition) is 0. The van der Waals surface area contributed by atoms with Crippen LogP contribution in [0.1, 0.15) is 0 Å². The molecule has 0 aliphatic rings. The van der Waals surface area contributed by atoms with Crippen LogP contribution in [-0.4, -0.2) is 24.1 Å². The molecule has 0 unspecified atom stereocenters. The molecule has 0 saturated heterocycles. The second kappa shape index (κ2) is 12.0. The third-order valence-corrected chi connectivity index (χ3v) is 10.2. The Morgan fingerprint density at radius 2 is 0.925 bits per heavy atom. The molecule has 3 heterocycles. The molecule has 7 nitrogen and oxygen atoms in total. The maximum absolute atomic E-state index is 12.6. The van der Waals surface area contributed by atoms with Crippen molar-refractivity contribution in [1.29, 1.82) is 0 Å². The molecule has 7 heteroatoms. The normalized spacial score (nSPS) is 11.7. The summed E-state index contributed by atoms with van der Waals surface area (Å²) in [6, 6.07) is 51.7. The number of benzene rings is 7. The molecule has 252 valence electrons. The summed E-state index contributed by atoms with van der Waals surface area (Å²) in [4.78, 5) is 27.7. The van der Waals surface area contributed by atoms with Crippen LogP contribution in [0.3, 0.4) is 0 Å². The maximum Gasteiger partial charge on any atom is 0.328 e. The van der Waals surface area contributed by atoms with Gasteiger partial charge < -0.3 is 4.42 Å². The molecule has 0 radical (unpaired) electrons. The molecule has 0 fully saturated rings. The van der Waals surface area contributed by atoms with Gasteiger partial charge in [-0.3, -0.25) is 9.13 Å². The van der Waals surface area contributed by atoms with Crippen molar-refractivity contribution in [2.45, 2.75) is 0 Å². The van der Waals surface area contributed by atoms with E-state index in [0.29, 0.717) is 17.5 Å². The molecule has 53 heavy (non-hydrogen) atoms. The lowest BCUT2D eigenvalue weighted by molar-refractivity contribution is 0.669. The van der Waals surface area contributed by atoms with Gasteiger partial charge in [-0.1, -0.05) is 103 Å². The zero-order chi connectivity index (χ0) is 35.6. The van der Waals surface area contributed by atoms with E-state index in [9.17, 15) is 4.79 Å². The molecule has 10 rings (SSSR count). The summed E-state index contributed by atoms with van der Waals surface area (Å²) in [6.07, 6.45) is 0. The molecule has 0 N–H and O–H groups in total. The molecule has 7 aromatic carbocycles. The summed E-state index contributed by atoms with van der Waals surface area (Å²) in [5.41, 5.74) is 10.3. The highest BCUT2D eigenvalue weighted by Gasteiger charge is 2.16. The second-order valence-electron chi connectivity index (χ2n) is 13.4. The van der Waals surface area contributed by atoms with E-state index in [2.05, 4.69) is 91.0 Å². The number of rotatable bonds is 5. The molecule has 0 aliphatic heterocycles. The minimum atomic E-state index is -0.0506. The van der Waals surface area contributed by atoms with Gasteiger partial charge in [-0.2, -0.15) is 0 Å². The molecular formula is C46H31N5O2. The van der Waals surface area contributed by atoms with Crippen molar-refractivity contribution in [3.63, 3.8) is 0 Å². The predicted molar refractivity (Wildman–Crippen MR) is 214 cm³/mol. The first-order chi connectivity index (χ1) is 26.0. The predicted octanol–water partition coefficient (Wildman–Crippen LogP) is 10.4. The molecule has 0 saturated carbocycles. The van der Waals surface area contributed by atoms with Gasteiger partial charge in [0.2, 0.25) is 0 Å². The van der Waals surface area contributed by atoms with Crippen LogP contribution in [0.15, 0.2) is 161 Å². The quantitative estimate of drug-likeness (QED) is 0.180. The Kier molecular flexibility index (Phi) is 6.94. The topological polar surface area (TPSA) is 78.7 Å². The summed E-state index contributed by atoms with van der Waals surface area (Å²) >= 11 is 0. The van der Waals surface area contributed by atoms with E-state index in [1.54, 1.807) is 23.2 Å². The van der Waals surface area contributed by atoms with Gasteiger partial charge in [0.15, 0.2) is 17.5 Å². The molecule has 0 bridgehead atoms. The van der Waals surface area contributed by atoms with Gasteiger partial charge in [0, 0.05) is 41.6 Å². The van der Waals surface area contributed by atoms with Gasteiger partial charge in [-0.05, 0) is 81.6 Å². The van der Waals surface area contributed by atoms with Crippen LogP contribution >= 0.6 is 0 Å². The smallest absolute Gasteiger partial charge is 0.328 e. The third kappa shape index (κ3) is 5.21. The Morgan fingerprint density at radius 1 is 0.415 bits per heavy atom. The van der Waals surface area contributed by atoms with Crippen molar-refractivity contribution in [3.05, 3.63) is 162 Å². The van der Waals surface area contributed by atoms with E-state index in [-0.39, 0.29) is 5.69 Å². The van der Waals surface area contributed by atoms with Crippen LogP contribution in [0.2, 0.25) is 0 Å². The van der Waals surface area contributed by atoms with E-state index in [4.69, 9.17) is 19.4 Å². The summed E-state index contributed by atoms with van der Waals surface area (Å²) < 4.78 is 9.63. The first-order valence-electron chi connectivity index (χ1n) is 17.5. The van der Waals surface area contributed by atoms with E-state index in [0.717, 1.165) is 77.3 Å². The van der Waals surface area contributed by atoms with Gasteiger partial charge in [-0.25, -0.2) is 19.7 Å². The Hall–Kier alpha value is -7.12. The lowest BCUT2D eigenvalue weighted by Gasteiger charge is -2.11. The fourth-order valence-corrected chi connectivity index (χ4v) is 7.35. The van der Waals surface area contributed by atoms with Crippen LogP contribution in [0.25, 0.3) is 100 Å². The van der Waals surface area contributed by atoms with Gasteiger partial charge in [0.1, 0.15) is 11.2 Å². The minimum absolute atomic E-state index is 0.0506. The lowest BCUT2D eigenvalue weighted by atomic mass is 9.99. The Bertz CT molecular complexity index is 3120. The highest BCUT2D eigenvalue weighted by Crippen LogP contribution is 2.36. The third-order valence-electron chi connectivity index (χ3n) is 10.2. The molecular weight excluding hydrogens is 655 g/mol. The van der Waals surface area contributed by atoms with Crippen molar-refractivity contribution < 1.29 is 4.42 Å². The van der Waals surface area contributed by atoms with Crippen LogP contribution in [0.5, 0.6) is 0 Å². The SMILES string of the molecule is Cn1c(=O)n(C)c2cc(-c3cccc(-c4nc(-c5ccccc5)nc(-c5cccc(-c6ccc7oc8cc9ccccc9cc8c7c6)c5)n4)c3)ccc21. The number of aromatic nitrogens is 5. The first kappa shape index (κ1) is 30.7. The van der Waals surface area contributed by atoms with E-state index in [1.165, 1.54) is 5.39 Å². The van der Waals surface area contributed by atoms with Crippen LogP contribution in [0, 0.1) is 0 Å². The summed E-state index contributed by atoms with van der Waals surface area (Å²) in [5.74, 6) is 1.76. The zero-order valence-corrected chi connectivity index (χ0v) is 29.0. The average Bonchev–Trinajstić information content (AvgIpc) is 3.68. The number of hydrogen-bond acceptors (Lipinski definition) is 5. The van der Waals surface area contributed by atoms with Crippen LogP contribution < -0.4 is 5.69 Å². The molecule has 0 spiro atoms. The Morgan fingerprint density at radius 3 is 1.62 bits per heavy atom. The van der Waals surface area contributed by atoms with Gasteiger partial charge in [0.25, 0.3) is 0 Å². The largest absolute Gasteiger partial charge is 0.456 e. The monoisotopic (exact) mass is 685 g/mol. The fraction of sp³-hybridized carbons (Fsp3) is 0.0435. The summed E-state index contributed by atoms with van der Waals surface area (Å²) in [6.45, 7) is 0. The van der Waals surface area contributed by atoms with Crippen molar-refractivity contribution in [3.8, 4) is 56.4 Å². The zero-order valence-electron chi connectivity index (χ0n) is 29.0. The van der Waals surface area contributed by atoms with Crippen molar-refractivity contribution >= 4 is 43.7 Å². The molecule has 10 aromatic rings. The average molecular weight is 686 g/mol. The van der Waals surface area contributed by atoms with E-state index >= 15 is 0 Å². The fourth-order valence-electron chi connectivity index (χ4n) is 7.35. The second-order valence-corrected chi connectivity index (χ2v) is 13.4. The minimum Gasteiger partial charge on any atom is -0.456 e. The molecule has 0 amide bonds. The Labute approximate surface area is 304 Å². The van der Waals surface area contributed by atoms with Gasteiger partial charge >= 0.3 is 5.69 Å². The van der Waals surface area contributed by atoms with Gasteiger partial charge in [-0.15, -0.1) is 0 Å². The van der Waals surface area contributed by atoms with E-state index in [1.807, 2.05) is 60.7 Å². The highest BCUT2D eigenvalue weighted by molar-refractivity contribution is 6.11. The number of fused-ring (bicyclic) bond motifs is 5. The van der Waals surface area contributed by atoms with Gasteiger partial charge in [0.05, 0.1) is 11.0 Å². The maximum atomic E-state index is 12.6. The van der Waals surface area contributed by atoms with Crippen molar-refractivity contribution in [2.24, 2.45) is 14.1 Å². The molecule has 0 atom stereocenters. The summed E-state index contributed by atoms with van der Waals surface area (Å²) in [7, 11) is 3.60. The number of imidazole rings is 1. The lowest BCUT2D eigenvalue weighted by Crippen LogP contribution is -2.19. The molecule has 0 aliphatic carbocycles. The first-order valence-corrected chi connectivity index (χ1v) is 17.5. The Balaban J connectivity index is 1.08. The number of furan rings is 1. The van der Waals surface area contributed by atoms with E-state index < -0.39 is 0 Å². The number of nitrogens with zero attached hydrogens (tertiary/aromatic N) is 5. The molecule has 3 aromatic heterocycles. The standard InChI is InChI=1S/C46H31N5O2/c1-50-39-20-18-34(26-40(39)51(2)46(50)52)30-15-9-17-36(23-30)45-48-43(28-10-4-3-5-11-28)47-44(49-45)35-16-8-14-29(22-35)33-19-21-41-37(25-33)38-24-31-12-6-7-13-32(31)27-42(38)53-41/h3-27H,1-2H3. The van der Waals surface area contributed by atoms with Crippen molar-refractivity contribution in [2.75, 3.05) is 0 Å². The van der Waals surface area contributed by atoms with Crippen molar-refractivity contribution in [1.82, 2.24) is 24.1 Å². The number of aryl methyl sites for hydroxylation is 2.